The van der Waals surface area contributed by atoms with Gasteiger partial charge in [0.25, 0.3) is 5.56 Å². The molecule has 1 aliphatic heterocycles. The molecule has 0 radical (unpaired) electrons. The molecule has 1 unspecified atom stereocenters. The van der Waals surface area contributed by atoms with Crippen LogP contribution in [0, 0.1) is 6.92 Å². The first-order valence-corrected chi connectivity index (χ1v) is 8.49. The topological polar surface area (TPSA) is 75.3 Å². The normalized spacial score (nSPS) is 18.1. The van der Waals surface area contributed by atoms with Crippen molar-refractivity contribution in [2.24, 2.45) is 0 Å². The Hall–Kier alpha value is -1.99. The van der Waals surface area contributed by atoms with Crippen LogP contribution in [0.25, 0.3) is 0 Å². The number of morpholine rings is 1. The molecule has 0 bridgehead atoms. The lowest BCUT2D eigenvalue weighted by Crippen LogP contribution is -2.44. The van der Waals surface area contributed by atoms with Crippen molar-refractivity contribution in [3.8, 4) is 0 Å². The summed E-state index contributed by atoms with van der Waals surface area (Å²) in [6.07, 6.45) is 1.20. The fourth-order valence-electron chi connectivity index (χ4n) is 2.75. The molecule has 0 aromatic carbocycles. The van der Waals surface area contributed by atoms with Crippen LogP contribution in [-0.4, -0.2) is 40.5 Å². The minimum Gasteiger partial charge on any atom is -0.377 e. The van der Waals surface area contributed by atoms with Gasteiger partial charge in [0.2, 0.25) is 5.91 Å². The van der Waals surface area contributed by atoms with Gasteiger partial charge in [-0.25, -0.2) is 4.98 Å². The van der Waals surface area contributed by atoms with E-state index in [9.17, 15) is 9.59 Å². The second-order valence-electron chi connectivity index (χ2n) is 5.51. The Kier molecular flexibility index (Phi) is 4.88. The molecule has 2 aromatic rings. The fourth-order valence-corrected chi connectivity index (χ4v) is 3.46. The number of thiophene rings is 1. The molecule has 2 aromatic heterocycles. The van der Waals surface area contributed by atoms with Crippen LogP contribution in [0.1, 0.15) is 28.9 Å². The maximum Gasteiger partial charge on any atom is 0.251 e. The quantitative estimate of drug-likeness (QED) is 0.923. The SMILES string of the molecule is Cc1nc(C2COCCN2C(=O)CCc2cccs2)cc(=O)[nH]1. The Morgan fingerprint density at radius 2 is 2.43 bits per heavy atom. The highest BCUT2D eigenvalue weighted by Crippen LogP contribution is 2.23. The molecular weight excluding hydrogens is 314 g/mol. The Labute approximate surface area is 138 Å². The van der Waals surface area contributed by atoms with Gasteiger partial charge in [-0.2, -0.15) is 0 Å². The number of rotatable bonds is 4. The van der Waals surface area contributed by atoms with E-state index in [4.69, 9.17) is 4.74 Å². The van der Waals surface area contributed by atoms with Crippen LogP contribution >= 0.6 is 11.3 Å². The number of nitrogens with one attached hydrogen (secondary N) is 1. The zero-order chi connectivity index (χ0) is 16.2. The van der Waals surface area contributed by atoms with Crippen molar-refractivity contribution < 1.29 is 9.53 Å². The lowest BCUT2D eigenvalue weighted by molar-refractivity contribution is -0.140. The number of hydrogen-bond acceptors (Lipinski definition) is 5. The van der Waals surface area contributed by atoms with E-state index in [2.05, 4.69) is 9.97 Å². The number of hydrogen-bond donors (Lipinski definition) is 1. The van der Waals surface area contributed by atoms with Gasteiger partial charge in [0.05, 0.1) is 24.9 Å². The van der Waals surface area contributed by atoms with E-state index >= 15 is 0 Å². The summed E-state index contributed by atoms with van der Waals surface area (Å²) in [7, 11) is 0. The Morgan fingerprint density at radius 1 is 1.57 bits per heavy atom. The molecule has 1 N–H and O–H groups in total. The third-order valence-electron chi connectivity index (χ3n) is 3.84. The molecule has 1 fully saturated rings. The van der Waals surface area contributed by atoms with E-state index in [-0.39, 0.29) is 17.5 Å². The van der Waals surface area contributed by atoms with E-state index in [0.29, 0.717) is 37.7 Å². The van der Waals surface area contributed by atoms with Crippen molar-refractivity contribution in [3.63, 3.8) is 0 Å². The van der Waals surface area contributed by atoms with Crippen LogP contribution in [0.15, 0.2) is 28.4 Å². The summed E-state index contributed by atoms with van der Waals surface area (Å²) in [4.78, 5) is 34.3. The summed E-state index contributed by atoms with van der Waals surface area (Å²) in [5.41, 5.74) is 0.388. The maximum atomic E-state index is 12.6. The molecule has 0 aliphatic carbocycles. The van der Waals surface area contributed by atoms with Gasteiger partial charge in [0, 0.05) is 23.9 Å². The molecule has 3 rings (SSSR count). The van der Waals surface area contributed by atoms with E-state index in [1.807, 2.05) is 17.5 Å². The molecular formula is C16H19N3O3S. The standard InChI is InChI=1S/C16H19N3O3S/c1-11-17-13(9-15(20)18-11)14-10-22-7-6-19(14)16(21)5-4-12-3-2-8-23-12/h2-3,8-9,14H,4-7,10H2,1H3,(H,17,18,20). The zero-order valence-electron chi connectivity index (χ0n) is 12.9. The summed E-state index contributed by atoms with van der Waals surface area (Å²) in [6, 6.07) is 5.19. The number of amides is 1. The summed E-state index contributed by atoms with van der Waals surface area (Å²) in [5, 5.41) is 2.01. The number of carbonyl (C=O) groups is 1. The average molecular weight is 333 g/mol. The number of aromatic amines is 1. The fraction of sp³-hybridized carbons (Fsp3) is 0.438. The molecule has 3 heterocycles. The van der Waals surface area contributed by atoms with E-state index in [1.165, 1.54) is 10.9 Å². The minimum absolute atomic E-state index is 0.0754. The average Bonchev–Trinajstić information content (AvgIpc) is 3.05. The van der Waals surface area contributed by atoms with Crippen LogP contribution in [-0.2, 0) is 16.0 Å². The van der Waals surface area contributed by atoms with Gasteiger partial charge in [-0.1, -0.05) is 6.07 Å². The van der Waals surface area contributed by atoms with Crippen LogP contribution in [0.4, 0.5) is 0 Å². The number of ether oxygens (including phenoxy) is 1. The third-order valence-corrected chi connectivity index (χ3v) is 4.77. The Balaban J connectivity index is 1.75. The van der Waals surface area contributed by atoms with Crippen molar-refractivity contribution in [3.05, 3.63) is 50.3 Å². The van der Waals surface area contributed by atoms with Gasteiger partial charge >= 0.3 is 0 Å². The van der Waals surface area contributed by atoms with Crippen LogP contribution < -0.4 is 5.56 Å². The smallest absolute Gasteiger partial charge is 0.251 e. The second-order valence-corrected chi connectivity index (χ2v) is 6.55. The first-order valence-electron chi connectivity index (χ1n) is 7.61. The van der Waals surface area contributed by atoms with E-state index in [1.54, 1.807) is 23.2 Å². The van der Waals surface area contributed by atoms with Crippen LogP contribution in [0.3, 0.4) is 0 Å². The number of nitrogens with zero attached hydrogens (tertiary/aromatic N) is 2. The van der Waals surface area contributed by atoms with Gasteiger partial charge in [0.1, 0.15) is 5.82 Å². The van der Waals surface area contributed by atoms with Gasteiger partial charge < -0.3 is 14.6 Å². The maximum absolute atomic E-state index is 12.6. The van der Waals surface area contributed by atoms with Crippen molar-refractivity contribution >= 4 is 17.2 Å². The lowest BCUT2D eigenvalue weighted by Gasteiger charge is -2.35. The van der Waals surface area contributed by atoms with Crippen LogP contribution in [0.5, 0.6) is 0 Å². The van der Waals surface area contributed by atoms with E-state index < -0.39 is 0 Å². The molecule has 122 valence electrons. The number of aryl methyl sites for hydroxylation is 2. The van der Waals surface area contributed by atoms with Crippen molar-refractivity contribution in [2.45, 2.75) is 25.8 Å². The monoisotopic (exact) mass is 333 g/mol. The number of aromatic nitrogens is 2. The minimum atomic E-state index is -0.291. The first-order chi connectivity index (χ1) is 11.1. The molecule has 1 atom stereocenters. The largest absolute Gasteiger partial charge is 0.377 e. The molecule has 23 heavy (non-hydrogen) atoms. The first kappa shape index (κ1) is 15.9. The van der Waals surface area contributed by atoms with Crippen molar-refractivity contribution in [1.82, 2.24) is 14.9 Å². The molecule has 1 saturated heterocycles. The molecule has 6 nitrogen and oxygen atoms in total. The van der Waals surface area contributed by atoms with Gasteiger partial charge in [-0.3, -0.25) is 9.59 Å². The van der Waals surface area contributed by atoms with Crippen molar-refractivity contribution in [1.29, 1.82) is 0 Å². The summed E-state index contributed by atoms with van der Waals surface area (Å²) < 4.78 is 5.50. The lowest BCUT2D eigenvalue weighted by atomic mass is 10.1. The summed E-state index contributed by atoms with van der Waals surface area (Å²) in [6.45, 7) is 3.16. The third kappa shape index (κ3) is 3.86. The summed E-state index contributed by atoms with van der Waals surface area (Å²) >= 11 is 1.66. The van der Waals surface area contributed by atoms with Gasteiger partial charge in [-0.15, -0.1) is 11.3 Å². The highest BCUT2D eigenvalue weighted by atomic mass is 32.1. The predicted octanol–water partition coefficient (Wildman–Crippen LogP) is 1.67. The Morgan fingerprint density at radius 3 is 3.17 bits per heavy atom. The predicted molar refractivity (Wildman–Crippen MR) is 87.5 cm³/mol. The zero-order valence-corrected chi connectivity index (χ0v) is 13.8. The summed E-state index contributed by atoms with van der Waals surface area (Å²) in [5.74, 6) is 0.621. The number of H-pyrrole nitrogens is 1. The second kappa shape index (κ2) is 7.06. The molecule has 0 spiro atoms. The molecule has 1 amide bonds. The molecule has 7 heteroatoms. The molecule has 1 aliphatic rings. The highest BCUT2D eigenvalue weighted by Gasteiger charge is 2.29. The van der Waals surface area contributed by atoms with Crippen LogP contribution in [0.2, 0.25) is 0 Å². The highest BCUT2D eigenvalue weighted by molar-refractivity contribution is 7.09. The van der Waals surface area contributed by atoms with E-state index in [0.717, 1.165) is 6.42 Å². The number of carbonyl (C=O) groups excluding carboxylic acids is 1. The van der Waals surface area contributed by atoms with Crippen molar-refractivity contribution in [2.75, 3.05) is 19.8 Å². The van der Waals surface area contributed by atoms with Gasteiger partial charge in [0.15, 0.2) is 0 Å². The molecule has 0 saturated carbocycles. The van der Waals surface area contributed by atoms with Gasteiger partial charge in [-0.05, 0) is 24.8 Å². The Bertz CT molecular complexity index is 726.